The Morgan fingerprint density at radius 2 is 1.96 bits per heavy atom. The van der Waals surface area contributed by atoms with Crippen molar-refractivity contribution in [1.82, 2.24) is 5.32 Å². The second kappa shape index (κ2) is 8.11. The molecule has 0 radical (unpaired) electrons. The average molecular weight is 444 g/mol. The number of halogens is 3. The lowest BCUT2D eigenvalue weighted by molar-refractivity contribution is -0.120. The van der Waals surface area contributed by atoms with Crippen LogP contribution >= 0.6 is 30.5 Å². The van der Waals surface area contributed by atoms with Gasteiger partial charge in [-0.3, -0.25) is 9.36 Å². The fourth-order valence-corrected chi connectivity index (χ4v) is 4.84. The molecule has 0 bridgehead atoms. The van der Waals surface area contributed by atoms with Crippen molar-refractivity contribution < 1.29 is 27.9 Å². The zero-order valence-electron chi connectivity index (χ0n) is 14.0. The van der Waals surface area contributed by atoms with Crippen molar-refractivity contribution in [2.45, 2.75) is 5.66 Å². The molecular weight excluding hydrogens is 431 g/mol. The average Bonchev–Trinajstić information content (AvgIpc) is 2.99. The van der Waals surface area contributed by atoms with Crippen LogP contribution in [0.15, 0.2) is 48.0 Å². The normalized spacial score (nSPS) is 13.2. The molecule has 3 rings (SSSR count). The summed E-state index contributed by atoms with van der Waals surface area (Å²) in [4.78, 5) is 32.0. The van der Waals surface area contributed by atoms with E-state index in [1.165, 1.54) is 22.8 Å². The number of hydrogen-bond donors (Lipinski definition) is 3. The second-order valence-electron chi connectivity index (χ2n) is 5.83. The molecular formula is C18H13ClF2NO4PS. The summed E-state index contributed by atoms with van der Waals surface area (Å²) in [6.07, 6.45) is 2.10. The summed E-state index contributed by atoms with van der Waals surface area (Å²) < 4.78 is 39.5. The maximum Gasteiger partial charge on any atom is 0.342 e. The number of amides is 1. The van der Waals surface area contributed by atoms with Crippen molar-refractivity contribution in [2.75, 3.05) is 0 Å². The Bertz CT molecular complexity index is 1130. The molecule has 146 valence electrons. The maximum atomic E-state index is 13.6. The van der Waals surface area contributed by atoms with Crippen molar-refractivity contribution >= 4 is 52.6 Å². The number of thiophene rings is 1. The lowest BCUT2D eigenvalue weighted by Gasteiger charge is -2.16. The highest BCUT2D eigenvalue weighted by Crippen LogP contribution is 2.54. The van der Waals surface area contributed by atoms with Crippen LogP contribution in [0.25, 0.3) is 16.2 Å². The van der Waals surface area contributed by atoms with Crippen LogP contribution in [0.4, 0.5) is 8.78 Å². The third kappa shape index (κ3) is 4.48. The zero-order chi connectivity index (χ0) is 20.5. The van der Waals surface area contributed by atoms with Crippen molar-refractivity contribution in [3.05, 3.63) is 75.8 Å². The molecule has 1 aromatic heterocycles. The Morgan fingerprint density at radius 1 is 1.21 bits per heavy atom. The molecule has 0 saturated carbocycles. The van der Waals surface area contributed by atoms with Gasteiger partial charge in [0.25, 0.3) is 0 Å². The van der Waals surface area contributed by atoms with E-state index in [-0.39, 0.29) is 11.1 Å². The molecule has 1 unspecified atom stereocenters. The van der Waals surface area contributed by atoms with E-state index in [1.807, 2.05) is 0 Å². The topological polar surface area (TPSA) is 86.6 Å². The number of hydrogen-bond acceptors (Lipinski definition) is 3. The lowest BCUT2D eigenvalue weighted by atomic mass is 10.1. The number of carbonyl (C=O) groups excluding carboxylic acids is 1. The van der Waals surface area contributed by atoms with Crippen molar-refractivity contribution in [3.63, 3.8) is 0 Å². The largest absolute Gasteiger partial charge is 0.342 e. The smallest absolute Gasteiger partial charge is 0.332 e. The summed E-state index contributed by atoms with van der Waals surface area (Å²) in [7, 11) is -4.89. The molecule has 0 fully saturated rings. The third-order valence-electron chi connectivity index (χ3n) is 3.89. The summed E-state index contributed by atoms with van der Waals surface area (Å²) in [5.74, 6) is -2.36. The van der Waals surface area contributed by atoms with Gasteiger partial charge in [0.1, 0.15) is 11.6 Å². The minimum Gasteiger partial charge on any atom is -0.332 e. The summed E-state index contributed by atoms with van der Waals surface area (Å²) in [6, 6.07) is 7.64. The van der Waals surface area contributed by atoms with E-state index in [2.05, 4.69) is 5.32 Å². The van der Waals surface area contributed by atoms with Gasteiger partial charge in [-0.1, -0.05) is 11.6 Å². The Kier molecular flexibility index (Phi) is 5.98. The van der Waals surface area contributed by atoms with Gasteiger partial charge in [-0.25, -0.2) is 8.78 Å². The minimum atomic E-state index is -4.89. The highest BCUT2D eigenvalue weighted by atomic mass is 35.5. The molecule has 1 heterocycles. The second-order valence-corrected chi connectivity index (χ2v) is 8.87. The monoisotopic (exact) mass is 443 g/mol. The first-order valence-corrected chi connectivity index (χ1v) is 10.7. The molecule has 1 atom stereocenters. The molecule has 5 nitrogen and oxygen atoms in total. The summed E-state index contributed by atoms with van der Waals surface area (Å²) in [5.41, 5.74) is -1.76. The van der Waals surface area contributed by atoms with Crippen LogP contribution in [0, 0.1) is 11.6 Å². The molecule has 3 aromatic rings. The van der Waals surface area contributed by atoms with E-state index in [4.69, 9.17) is 11.6 Å². The third-order valence-corrected chi connectivity index (χ3v) is 6.29. The Balaban J connectivity index is 1.91. The number of nitrogens with one attached hydrogen (secondary N) is 1. The van der Waals surface area contributed by atoms with E-state index in [0.717, 1.165) is 30.5 Å². The highest BCUT2D eigenvalue weighted by Gasteiger charge is 2.38. The van der Waals surface area contributed by atoms with Gasteiger partial charge in [-0.2, -0.15) is 0 Å². The predicted molar refractivity (Wildman–Crippen MR) is 105 cm³/mol. The van der Waals surface area contributed by atoms with E-state index >= 15 is 0 Å². The minimum absolute atomic E-state index is 0.124. The van der Waals surface area contributed by atoms with Gasteiger partial charge >= 0.3 is 7.60 Å². The van der Waals surface area contributed by atoms with Crippen LogP contribution in [0.1, 0.15) is 16.8 Å². The zero-order valence-corrected chi connectivity index (χ0v) is 16.4. The first-order chi connectivity index (χ1) is 13.2. The van der Waals surface area contributed by atoms with Gasteiger partial charge in [0, 0.05) is 21.5 Å². The lowest BCUT2D eigenvalue weighted by Crippen LogP contribution is -2.25. The highest BCUT2D eigenvalue weighted by molar-refractivity contribution is 7.53. The fraction of sp³-hybridized carbons (Fsp3) is 0.0556. The predicted octanol–water partition coefficient (Wildman–Crippen LogP) is 4.84. The number of benzene rings is 2. The van der Waals surface area contributed by atoms with Crippen LogP contribution in [-0.2, 0) is 9.36 Å². The Hall–Kier alpha value is -2.09. The fourth-order valence-electron chi connectivity index (χ4n) is 2.64. The van der Waals surface area contributed by atoms with E-state index in [0.29, 0.717) is 15.1 Å². The van der Waals surface area contributed by atoms with Crippen LogP contribution in [0.2, 0.25) is 5.02 Å². The summed E-state index contributed by atoms with van der Waals surface area (Å²) >= 11 is 7.18. The van der Waals surface area contributed by atoms with Gasteiger partial charge in [-0.15, -0.1) is 11.3 Å². The number of fused-ring (bicyclic) bond motifs is 1. The summed E-state index contributed by atoms with van der Waals surface area (Å²) in [6.45, 7) is 0. The van der Waals surface area contributed by atoms with Gasteiger partial charge in [0.05, 0.1) is 0 Å². The summed E-state index contributed by atoms with van der Waals surface area (Å²) in [5, 5.41) is 4.53. The maximum absolute atomic E-state index is 13.6. The molecule has 0 saturated heterocycles. The molecule has 0 aliphatic heterocycles. The standard InChI is InChI=1S/C18H13ClF2NO4PS/c19-11-1-4-16-13(8-11)14(9-28-16)17(27(24,25)26)18(23)22-6-5-10-7-12(20)2-3-15(10)21/h1-9,17H,(H,22,23)(H2,24,25,26)/b6-5+. The number of carbonyl (C=O) groups is 1. The SMILES string of the molecule is O=C(N/C=C/c1cc(F)ccc1F)C(c1csc2ccc(Cl)cc12)P(=O)(O)O. The van der Waals surface area contributed by atoms with Crippen molar-refractivity contribution in [1.29, 1.82) is 0 Å². The van der Waals surface area contributed by atoms with Gasteiger partial charge < -0.3 is 15.1 Å². The molecule has 0 aliphatic carbocycles. The molecule has 0 aliphatic rings. The van der Waals surface area contributed by atoms with Crippen molar-refractivity contribution in [3.8, 4) is 0 Å². The van der Waals surface area contributed by atoms with E-state index in [9.17, 15) is 27.9 Å². The van der Waals surface area contributed by atoms with Crippen LogP contribution < -0.4 is 5.32 Å². The first kappa shape index (κ1) is 20.6. The molecule has 28 heavy (non-hydrogen) atoms. The van der Waals surface area contributed by atoms with E-state index in [1.54, 1.807) is 12.1 Å². The number of rotatable bonds is 5. The Labute approximate surface area is 167 Å². The molecule has 0 spiro atoms. The Morgan fingerprint density at radius 3 is 2.68 bits per heavy atom. The quantitative estimate of drug-likeness (QED) is 0.492. The molecule has 2 aromatic carbocycles. The van der Waals surface area contributed by atoms with Gasteiger partial charge in [-0.05, 0) is 58.8 Å². The molecule has 3 N–H and O–H groups in total. The van der Waals surface area contributed by atoms with Crippen LogP contribution in [-0.4, -0.2) is 15.7 Å². The van der Waals surface area contributed by atoms with Crippen molar-refractivity contribution in [2.24, 2.45) is 0 Å². The van der Waals surface area contributed by atoms with E-state index < -0.39 is 30.8 Å². The van der Waals surface area contributed by atoms with Crippen LogP contribution in [0.5, 0.6) is 0 Å². The van der Waals surface area contributed by atoms with Crippen LogP contribution in [0.3, 0.4) is 0 Å². The molecule has 1 amide bonds. The van der Waals surface area contributed by atoms with Gasteiger partial charge in [0.2, 0.25) is 5.91 Å². The van der Waals surface area contributed by atoms with Gasteiger partial charge in [0.15, 0.2) is 5.66 Å². The first-order valence-electron chi connectivity index (χ1n) is 7.80. The molecule has 10 heteroatoms.